The van der Waals surface area contributed by atoms with Crippen molar-refractivity contribution in [2.45, 2.75) is 18.6 Å². The Labute approximate surface area is 157 Å². The van der Waals surface area contributed by atoms with Crippen molar-refractivity contribution >= 4 is 12.2 Å². The van der Waals surface area contributed by atoms with Gasteiger partial charge < -0.3 is 9.64 Å². The van der Waals surface area contributed by atoms with Crippen molar-refractivity contribution in [2.75, 3.05) is 13.1 Å². The predicted octanol–water partition coefficient (Wildman–Crippen LogP) is 3.25. The lowest BCUT2D eigenvalue weighted by Gasteiger charge is -2.40. The maximum atomic E-state index is 13.6. The molecule has 10 heteroatoms. The van der Waals surface area contributed by atoms with Crippen LogP contribution in [0.15, 0.2) is 35.6 Å². The van der Waals surface area contributed by atoms with Gasteiger partial charge in [-0.05, 0) is 17.7 Å². The summed E-state index contributed by atoms with van der Waals surface area (Å²) in [4.78, 5) is 17.6. The molecule has 1 atom stereocenters. The minimum Gasteiger partial charge on any atom is -0.468 e. The van der Waals surface area contributed by atoms with Crippen LogP contribution in [0, 0.1) is 23.3 Å². The molecule has 2 aliphatic rings. The van der Waals surface area contributed by atoms with Gasteiger partial charge >= 0.3 is 6.03 Å². The zero-order chi connectivity index (χ0) is 19.8. The van der Waals surface area contributed by atoms with Gasteiger partial charge in [0.15, 0.2) is 5.82 Å². The fourth-order valence-electron chi connectivity index (χ4n) is 3.10. The summed E-state index contributed by atoms with van der Waals surface area (Å²) in [5, 5.41) is 5.16. The van der Waals surface area contributed by atoms with E-state index in [0.717, 1.165) is 29.4 Å². The van der Waals surface area contributed by atoms with Gasteiger partial charge in [0.05, 0.1) is 25.3 Å². The molecule has 0 spiro atoms. The summed E-state index contributed by atoms with van der Waals surface area (Å²) >= 11 is 0. The normalized spacial score (nSPS) is 19.1. The summed E-state index contributed by atoms with van der Waals surface area (Å²) in [6, 6.07) is 2.66. The number of nitrogens with zero attached hydrogens (tertiary/aromatic N) is 4. The van der Waals surface area contributed by atoms with Gasteiger partial charge in [-0.3, -0.25) is 0 Å². The molecule has 1 unspecified atom stereocenters. The van der Waals surface area contributed by atoms with Gasteiger partial charge in [-0.25, -0.2) is 32.3 Å². The lowest BCUT2D eigenvalue weighted by molar-refractivity contribution is 0.0229. The highest BCUT2D eigenvalue weighted by molar-refractivity contribution is 5.79. The average Bonchev–Trinajstić information content (AvgIpc) is 3.07. The molecule has 3 heterocycles. The number of halogens is 4. The van der Waals surface area contributed by atoms with E-state index in [4.69, 9.17) is 4.74 Å². The van der Waals surface area contributed by atoms with Crippen LogP contribution >= 0.6 is 0 Å². The molecule has 2 aromatic rings. The largest absolute Gasteiger partial charge is 0.468 e. The molecule has 1 fully saturated rings. The summed E-state index contributed by atoms with van der Waals surface area (Å²) in [5.41, 5.74) is 0.300. The molecular weight excluding hydrogens is 380 g/mol. The number of likely N-dealkylation sites (tertiary alicyclic amines) is 1. The molecule has 0 N–H and O–H groups in total. The average molecular weight is 394 g/mol. The van der Waals surface area contributed by atoms with E-state index >= 15 is 0 Å². The number of carbonyl (C=O) groups excluding carboxylic acids is 1. The number of hydrazone groups is 1. The molecule has 1 aromatic heterocycles. The molecule has 0 bridgehead atoms. The number of amides is 2. The third-order valence-electron chi connectivity index (χ3n) is 4.47. The second-order valence-corrected chi connectivity index (χ2v) is 6.46. The molecule has 0 aliphatic carbocycles. The highest BCUT2D eigenvalue weighted by Crippen LogP contribution is 2.31. The molecule has 1 saturated heterocycles. The maximum Gasteiger partial charge on any atom is 0.341 e. The fraction of sp³-hybridized carbons (Fsp3) is 0.278. The molecular formula is C18H14F4N4O2. The first kappa shape index (κ1) is 18.2. The van der Waals surface area contributed by atoms with E-state index in [0.29, 0.717) is 18.1 Å². The monoisotopic (exact) mass is 394 g/mol. The summed E-state index contributed by atoms with van der Waals surface area (Å²) in [6.07, 6.45) is 2.15. The van der Waals surface area contributed by atoms with Gasteiger partial charge in [0.25, 0.3) is 5.88 Å². The Bertz CT molecular complexity index is 929. The SMILES string of the molecule is O=C(N1CC(Oc2ncc(F)cc2F)C1)N1N=CCC1c1cc(F)cc(F)c1. The Morgan fingerprint density at radius 2 is 1.75 bits per heavy atom. The topological polar surface area (TPSA) is 58.0 Å². The Morgan fingerprint density at radius 3 is 2.43 bits per heavy atom. The molecule has 28 heavy (non-hydrogen) atoms. The summed E-state index contributed by atoms with van der Waals surface area (Å²) in [5.74, 6) is -3.56. The Hall–Kier alpha value is -3.17. The van der Waals surface area contributed by atoms with Crippen molar-refractivity contribution in [3.63, 3.8) is 0 Å². The van der Waals surface area contributed by atoms with Gasteiger partial charge in [0, 0.05) is 24.8 Å². The summed E-state index contributed by atoms with van der Waals surface area (Å²) in [6.45, 7) is 0.293. The molecule has 4 rings (SSSR count). The van der Waals surface area contributed by atoms with E-state index in [1.807, 2.05) is 0 Å². The Morgan fingerprint density at radius 1 is 1.04 bits per heavy atom. The number of hydrogen-bond donors (Lipinski definition) is 0. The minimum absolute atomic E-state index is 0.146. The molecule has 1 aromatic carbocycles. The first-order chi connectivity index (χ1) is 13.4. The number of pyridine rings is 1. The molecule has 0 saturated carbocycles. The lowest BCUT2D eigenvalue weighted by Crippen LogP contribution is -2.59. The molecule has 6 nitrogen and oxygen atoms in total. The van der Waals surface area contributed by atoms with Crippen LogP contribution in [0.5, 0.6) is 5.88 Å². The molecule has 146 valence electrons. The van der Waals surface area contributed by atoms with Crippen molar-refractivity contribution in [3.05, 3.63) is 59.3 Å². The lowest BCUT2D eigenvalue weighted by atomic mass is 10.0. The van der Waals surface area contributed by atoms with Gasteiger partial charge in [-0.1, -0.05) is 0 Å². The van der Waals surface area contributed by atoms with Crippen LogP contribution in [0.1, 0.15) is 18.0 Å². The highest BCUT2D eigenvalue weighted by Gasteiger charge is 2.39. The third kappa shape index (κ3) is 3.49. The van der Waals surface area contributed by atoms with Crippen molar-refractivity contribution in [1.82, 2.24) is 14.9 Å². The molecule has 2 aliphatic heterocycles. The standard InChI is InChI=1S/C18H14F4N4O2/c19-11-3-10(4-12(20)5-11)16-1-2-24-26(16)18(27)25-8-14(9-25)28-17-15(22)6-13(21)7-23-17/h2-7,14,16H,1,8-9H2. The third-order valence-corrected chi connectivity index (χ3v) is 4.47. The van der Waals surface area contributed by atoms with Crippen LogP contribution in [-0.4, -0.2) is 46.3 Å². The second kappa shape index (κ2) is 7.10. The first-order valence-corrected chi connectivity index (χ1v) is 8.45. The van der Waals surface area contributed by atoms with Crippen molar-refractivity contribution in [3.8, 4) is 5.88 Å². The van der Waals surface area contributed by atoms with E-state index < -0.39 is 41.4 Å². The fourth-order valence-corrected chi connectivity index (χ4v) is 3.10. The number of carbonyl (C=O) groups is 1. The minimum atomic E-state index is -0.929. The number of rotatable bonds is 3. The number of urea groups is 1. The van der Waals surface area contributed by atoms with Crippen molar-refractivity contribution < 1.29 is 27.1 Å². The number of ether oxygens (including phenoxy) is 1. The van der Waals surface area contributed by atoms with E-state index in [2.05, 4.69) is 10.1 Å². The van der Waals surface area contributed by atoms with E-state index in [-0.39, 0.29) is 19.0 Å². The zero-order valence-electron chi connectivity index (χ0n) is 14.4. The first-order valence-electron chi connectivity index (χ1n) is 8.45. The van der Waals surface area contributed by atoms with Gasteiger partial charge in [0.1, 0.15) is 23.6 Å². The van der Waals surface area contributed by atoms with Crippen LogP contribution in [0.2, 0.25) is 0 Å². The van der Waals surface area contributed by atoms with Crippen LogP contribution in [0.4, 0.5) is 22.4 Å². The maximum absolute atomic E-state index is 13.6. The number of aromatic nitrogens is 1. The Balaban J connectivity index is 1.39. The summed E-state index contributed by atoms with van der Waals surface area (Å²) in [7, 11) is 0. The molecule has 0 radical (unpaired) electrons. The van der Waals surface area contributed by atoms with Gasteiger partial charge in [-0.15, -0.1) is 0 Å². The van der Waals surface area contributed by atoms with Crippen LogP contribution in [-0.2, 0) is 0 Å². The van der Waals surface area contributed by atoms with Crippen LogP contribution in [0.25, 0.3) is 0 Å². The van der Waals surface area contributed by atoms with Crippen LogP contribution in [0.3, 0.4) is 0 Å². The zero-order valence-corrected chi connectivity index (χ0v) is 14.4. The smallest absolute Gasteiger partial charge is 0.341 e. The van der Waals surface area contributed by atoms with Gasteiger partial charge in [0.2, 0.25) is 0 Å². The van der Waals surface area contributed by atoms with E-state index in [1.54, 1.807) is 0 Å². The Kier molecular flexibility index (Phi) is 4.62. The van der Waals surface area contributed by atoms with Crippen LogP contribution < -0.4 is 4.74 Å². The van der Waals surface area contributed by atoms with Crippen molar-refractivity contribution in [1.29, 1.82) is 0 Å². The highest BCUT2D eigenvalue weighted by atomic mass is 19.1. The second-order valence-electron chi connectivity index (χ2n) is 6.46. The van der Waals surface area contributed by atoms with E-state index in [1.165, 1.54) is 11.1 Å². The predicted molar refractivity (Wildman–Crippen MR) is 89.6 cm³/mol. The van der Waals surface area contributed by atoms with Crippen molar-refractivity contribution in [2.24, 2.45) is 5.10 Å². The quantitative estimate of drug-likeness (QED) is 0.751. The number of hydrogen-bond acceptors (Lipinski definition) is 4. The van der Waals surface area contributed by atoms with E-state index in [9.17, 15) is 22.4 Å². The molecule has 2 amide bonds. The van der Waals surface area contributed by atoms with Gasteiger partial charge in [-0.2, -0.15) is 5.10 Å². The summed E-state index contributed by atoms with van der Waals surface area (Å²) < 4.78 is 58.8. The number of benzene rings is 1.